The predicted octanol–water partition coefficient (Wildman–Crippen LogP) is 1.78. The number of hydrogen-bond donors (Lipinski definition) is 1. The normalized spacial score (nSPS) is 12.7. The van der Waals surface area contributed by atoms with Gasteiger partial charge in [0.2, 0.25) is 10.0 Å². The Balaban J connectivity index is 2.92. The molecule has 0 bridgehead atoms. The van der Waals surface area contributed by atoms with Crippen molar-refractivity contribution in [2.45, 2.75) is 30.7 Å². The summed E-state index contributed by atoms with van der Waals surface area (Å²) in [5, 5.41) is 0. The minimum Gasteiger partial charge on any atom is -0.468 e. The van der Waals surface area contributed by atoms with Crippen LogP contribution >= 0.6 is 0 Å². The van der Waals surface area contributed by atoms with E-state index >= 15 is 0 Å². The van der Waals surface area contributed by atoms with E-state index in [-0.39, 0.29) is 4.90 Å². The molecule has 0 spiro atoms. The molecule has 0 saturated heterocycles. The van der Waals surface area contributed by atoms with E-state index in [1.54, 1.807) is 18.2 Å². The number of benzene rings is 1. The summed E-state index contributed by atoms with van der Waals surface area (Å²) in [6.07, 6.45) is 2.44. The Bertz CT molecular complexity index is 563. The molecule has 0 aliphatic carbocycles. The van der Waals surface area contributed by atoms with Gasteiger partial charge >= 0.3 is 5.97 Å². The molecular formula is C14H19NO4S. The highest BCUT2D eigenvalue weighted by molar-refractivity contribution is 7.89. The molecule has 110 valence electrons. The number of carbonyl (C=O) groups is 1. The number of sulfonamides is 1. The zero-order valence-corrected chi connectivity index (χ0v) is 12.4. The summed E-state index contributed by atoms with van der Waals surface area (Å²) in [5.74, 6) is -0.609. The second kappa shape index (κ2) is 7.21. The van der Waals surface area contributed by atoms with Gasteiger partial charge in [0.25, 0.3) is 0 Å². The molecule has 0 aliphatic rings. The second-order valence-corrected chi connectivity index (χ2v) is 6.09. The van der Waals surface area contributed by atoms with Crippen LogP contribution in [0.5, 0.6) is 0 Å². The number of esters is 1. The van der Waals surface area contributed by atoms with Crippen LogP contribution in [0.3, 0.4) is 0 Å². The molecule has 0 heterocycles. The lowest BCUT2D eigenvalue weighted by Gasteiger charge is -2.16. The van der Waals surface area contributed by atoms with Crippen molar-refractivity contribution in [1.29, 1.82) is 0 Å². The van der Waals surface area contributed by atoms with Crippen LogP contribution in [0.2, 0.25) is 0 Å². The molecule has 0 amide bonds. The molecule has 1 N–H and O–H groups in total. The molecule has 0 aromatic heterocycles. The fourth-order valence-electron chi connectivity index (χ4n) is 1.62. The summed E-state index contributed by atoms with van der Waals surface area (Å²) >= 11 is 0. The first kappa shape index (κ1) is 16.4. The van der Waals surface area contributed by atoms with Crippen LogP contribution in [-0.4, -0.2) is 27.5 Å². The molecule has 1 aromatic carbocycles. The first-order valence-electron chi connectivity index (χ1n) is 6.18. The number of hydrogen-bond acceptors (Lipinski definition) is 4. The Morgan fingerprint density at radius 2 is 2.00 bits per heavy atom. The van der Waals surface area contributed by atoms with Gasteiger partial charge in [-0.2, -0.15) is 4.72 Å². The van der Waals surface area contributed by atoms with Crippen LogP contribution < -0.4 is 4.72 Å². The smallest absolute Gasteiger partial charge is 0.323 e. The van der Waals surface area contributed by atoms with E-state index in [1.807, 2.05) is 6.92 Å². The molecule has 0 radical (unpaired) electrons. The lowest BCUT2D eigenvalue weighted by molar-refractivity contribution is -0.142. The van der Waals surface area contributed by atoms with Crippen molar-refractivity contribution in [1.82, 2.24) is 4.72 Å². The SMILES string of the molecule is C=CCCC(NS(=O)(=O)c1ccc(C)cc1)C(=O)OC. The van der Waals surface area contributed by atoms with Crippen LogP contribution in [0.25, 0.3) is 0 Å². The number of rotatable bonds is 7. The zero-order chi connectivity index (χ0) is 15.2. The van der Waals surface area contributed by atoms with Crippen molar-refractivity contribution in [2.24, 2.45) is 0 Å². The molecule has 0 fully saturated rings. The van der Waals surface area contributed by atoms with Crippen LogP contribution in [0, 0.1) is 6.92 Å². The molecule has 0 aliphatic heterocycles. The Morgan fingerprint density at radius 3 is 2.50 bits per heavy atom. The first-order chi connectivity index (χ1) is 9.40. The van der Waals surface area contributed by atoms with Gasteiger partial charge < -0.3 is 4.74 Å². The van der Waals surface area contributed by atoms with Crippen molar-refractivity contribution < 1.29 is 17.9 Å². The summed E-state index contributed by atoms with van der Waals surface area (Å²) in [6, 6.07) is 5.49. The fraction of sp³-hybridized carbons (Fsp3) is 0.357. The van der Waals surface area contributed by atoms with Crippen molar-refractivity contribution in [3.05, 3.63) is 42.5 Å². The lowest BCUT2D eigenvalue weighted by atomic mass is 10.2. The van der Waals surface area contributed by atoms with Gasteiger partial charge in [0.15, 0.2) is 0 Å². The van der Waals surface area contributed by atoms with E-state index < -0.39 is 22.0 Å². The molecule has 5 nitrogen and oxygen atoms in total. The monoisotopic (exact) mass is 297 g/mol. The highest BCUT2D eigenvalue weighted by atomic mass is 32.2. The number of aryl methyl sites for hydroxylation is 1. The summed E-state index contributed by atoms with van der Waals surface area (Å²) in [4.78, 5) is 11.7. The summed E-state index contributed by atoms with van der Waals surface area (Å²) < 4.78 is 31.4. The van der Waals surface area contributed by atoms with Crippen molar-refractivity contribution in [3.63, 3.8) is 0 Å². The third-order valence-corrected chi connectivity index (χ3v) is 4.26. The number of allylic oxidation sites excluding steroid dienone is 1. The van der Waals surface area contributed by atoms with Gasteiger partial charge in [-0.15, -0.1) is 6.58 Å². The van der Waals surface area contributed by atoms with Gasteiger partial charge in [0.1, 0.15) is 6.04 Å². The van der Waals surface area contributed by atoms with E-state index in [4.69, 9.17) is 0 Å². The molecule has 1 rings (SSSR count). The highest BCUT2D eigenvalue weighted by Gasteiger charge is 2.25. The Hall–Kier alpha value is -1.66. The van der Waals surface area contributed by atoms with Gasteiger partial charge in [0.05, 0.1) is 12.0 Å². The van der Waals surface area contributed by atoms with Crippen LogP contribution in [0.4, 0.5) is 0 Å². The zero-order valence-electron chi connectivity index (χ0n) is 11.6. The van der Waals surface area contributed by atoms with Gasteiger partial charge in [-0.3, -0.25) is 4.79 Å². The van der Waals surface area contributed by atoms with Crippen LogP contribution in [0.15, 0.2) is 41.8 Å². The molecule has 1 aromatic rings. The minimum absolute atomic E-state index is 0.121. The maximum atomic E-state index is 12.2. The summed E-state index contributed by atoms with van der Waals surface area (Å²) in [5.41, 5.74) is 0.958. The van der Waals surface area contributed by atoms with E-state index in [2.05, 4.69) is 16.0 Å². The quantitative estimate of drug-likeness (QED) is 0.615. The van der Waals surface area contributed by atoms with Gasteiger partial charge in [-0.1, -0.05) is 23.8 Å². The standard InChI is InChI=1S/C14H19NO4S/c1-4-5-6-13(14(16)19-3)15-20(17,18)12-9-7-11(2)8-10-12/h4,7-10,13,15H,1,5-6H2,2-3H3. The van der Waals surface area contributed by atoms with Gasteiger partial charge in [0, 0.05) is 0 Å². The Morgan fingerprint density at radius 1 is 1.40 bits per heavy atom. The number of ether oxygens (including phenoxy) is 1. The third kappa shape index (κ3) is 4.47. The molecular weight excluding hydrogens is 278 g/mol. The number of methoxy groups -OCH3 is 1. The van der Waals surface area contributed by atoms with Gasteiger partial charge in [-0.25, -0.2) is 8.42 Å². The number of carbonyl (C=O) groups excluding carboxylic acids is 1. The maximum absolute atomic E-state index is 12.2. The average Bonchev–Trinajstić information content (AvgIpc) is 2.43. The second-order valence-electron chi connectivity index (χ2n) is 4.38. The minimum atomic E-state index is -3.75. The lowest BCUT2D eigenvalue weighted by Crippen LogP contribution is -2.41. The largest absolute Gasteiger partial charge is 0.468 e. The van der Waals surface area contributed by atoms with E-state index in [0.29, 0.717) is 12.8 Å². The molecule has 0 saturated carbocycles. The van der Waals surface area contributed by atoms with Crippen molar-refractivity contribution in [2.75, 3.05) is 7.11 Å². The Labute approximate surface area is 119 Å². The third-order valence-electron chi connectivity index (χ3n) is 2.77. The van der Waals surface area contributed by atoms with E-state index in [9.17, 15) is 13.2 Å². The average molecular weight is 297 g/mol. The fourth-order valence-corrected chi connectivity index (χ4v) is 2.84. The summed E-state index contributed by atoms with van der Waals surface area (Å²) in [6.45, 7) is 5.42. The van der Waals surface area contributed by atoms with E-state index in [0.717, 1.165) is 5.56 Å². The highest BCUT2D eigenvalue weighted by Crippen LogP contribution is 2.12. The van der Waals surface area contributed by atoms with Crippen molar-refractivity contribution >= 4 is 16.0 Å². The maximum Gasteiger partial charge on any atom is 0.323 e. The molecule has 6 heteroatoms. The molecule has 20 heavy (non-hydrogen) atoms. The molecule has 1 unspecified atom stereocenters. The topological polar surface area (TPSA) is 72.5 Å². The van der Waals surface area contributed by atoms with E-state index in [1.165, 1.54) is 19.2 Å². The van der Waals surface area contributed by atoms with Crippen LogP contribution in [0.1, 0.15) is 18.4 Å². The first-order valence-corrected chi connectivity index (χ1v) is 7.66. The van der Waals surface area contributed by atoms with Gasteiger partial charge in [-0.05, 0) is 31.9 Å². The number of nitrogens with one attached hydrogen (secondary N) is 1. The van der Waals surface area contributed by atoms with Crippen molar-refractivity contribution in [3.8, 4) is 0 Å². The summed E-state index contributed by atoms with van der Waals surface area (Å²) in [7, 11) is -2.52. The predicted molar refractivity (Wildman–Crippen MR) is 76.7 cm³/mol. The Kier molecular flexibility index (Phi) is 5.91. The molecule has 1 atom stereocenters. The van der Waals surface area contributed by atoms with Crippen LogP contribution in [-0.2, 0) is 19.6 Å².